The second kappa shape index (κ2) is 5.15. The number of hydrogen-bond donors (Lipinski definition) is 6. The molecule has 0 fully saturated rings. The van der Waals surface area contributed by atoms with Gasteiger partial charge in [0.05, 0.1) is 6.61 Å². The maximum Gasteiger partial charge on any atom is 0.139 e. The predicted octanol–water partition coefficient (Wildman–Crippen LogP) is -2.51. The molecule has 13 heavy (non-hydrogen) atoms. The fourth-order valence-electron chi connectivity index (χ4n) is 0.719. The van der Waals surface area contributed by atoms with Gasteiger partial charge in [-0.25, -0.2) is 0 Å². The molecular formula is C7H14O6. The largest absolute Gasteiger partial charge is 0.510 e. The van der Waals surface area contributed by atoms with Crippen LogP contribution < -0.4 is 0 Å². The van der Waals surface area contributed by atoms with Crippen LogP contribution in [0.3, 0.4) is 0 Å². The lowest BCUT2D eigenvalue weighted by Crippen LogP contribution is -2.46. The average Bonchev–Trinajstić information content (AvgIpc) is 2.12. The molecule has 0 aromatic heterocycles. The van der Waals surface area contributed by atoms with Crippen molar-refractivity contribution >= 4 is 0 Å². The fraction of sp³-hybridized carbons (Fsp3) is 0.714. The third-order valence-electron chi connectivity index (χ3n) is 1.60. The third-order valence-corrected chi connectivity index (χ3v) is 1.60. The Labute approximate surface area is 75.0 Å². The molecule has 0 aliphatic heterocycles. The first-order chi connectivity index (χ1) is 5.91. The molecular weight excluding hydrogens is 180 g/mol. The van der Waals surface area contributed by atoms with Gasteiger partial charge in [-0.1, -0.05) is 6.58 Å². The molecule has 0 spiro atoms. The Morgan fingerprint density at radius 2 is 1.54 bits per heavy atom. The molecule has 0 bridgehead atoms. The molecule has 6 heteroatoms. The summed E-state index contributed by atoms with van der Waals surface area (Å²) in [6.45, 7) is 2.17. The molecule has 0 aromatic carbocycles. The minimum absolute atomic E-state index is 0.725. The zero-order valence-electron chi connectivity index (χ0n) is 6.91. The van der Waals surface area contributed by atoms with E-state index < -0.39 is 36.8 Å². The number of aliphatic hydroxyl groups is 6. The highest BCUT2D eigenvalue weighted by molar-refractivity contribution is 4.96. The van der Waals surface area contributed by atoms with E-state index in [0.29, 0.717) is 0 Å². The van der Waals surface area contributed by atoms with Crippen LogP contribution >= 0.6 is 0 Å². The van der Waals surface area contributed by atoms with E-state index in [0.717, 1.165) is 0 Å². The van der Waals surface area contributed by atoms with E-state index >= 15 is 0 Å². The van der Waals surface area contributed by atoms with Crippen LogP contribution in [0.1, 0.15) is 0 Å². The second-order valence-electron chi connectivity index (χ2n) is 2.67. The third kappa shape index (κ3) is 3.29. The molecule has 0 unspecified atom stereocenters. The van der Waals surface area contributed by atoms with Crippen LogP contribution in [0.4, 0.5) is 0 Å². The first kappa shape index (κ1) is 12.3. The lowest BCUT2D eigenvalue weighted by molar-refractivity contribution is -0.112. The fourth-order valence-corrected chi connectivity index (χ4v) is 0.719. The van der Waals surface area contributed by atoms with Crippen LogP contribution in [0.15, 0.2) is 12.3 Å². The summed E-state index contributed by atoms with van der Waals surface area (Å²) in [6.07, 6.45) is -6.87. The summed E-state index contributed by atoms with van der Waals surface area (Å²) in [5.74, 6) is -0.725. The molecule has 0 amide bonds. The Morgan fingerprint density at radius 1 is 1.08 bits per heavy atom. The topological polar surface area (TPSA) is 121 Å². The lowest BCUT2D eigenvalue weighted by Gasteiger charge is -2.24. The Balaban J connectivity index is 4.24. The van der Waals surface area contributed by atoms with Gasteiger partial charge in [0, 0.05) is 0 Å². The average molecular weight is 194 g/mol. The van der Waals surface area contributed by atoms with Gasteiger partial charge in [-0.15, -0.1) is 0 Å². The summed E-state index contributed by atoms with van der Waals surface area (Å²) < 4.78 is 0. The van der Waals surface area contributed by atoms with Crippen molar-refractivity contribution in [1.29, 1.82) is 0 Å². The van der Waals surface area contributed by atoms with Gasteiger partial charge in [-0.2, -0.15) is 0 Å². The predicted molar refractivity (Wildman–Crippen MR) is 42.9 cm³/mol. The molecule has 0 aromatic rings. The SMILES string of the molecule is C=C(O)[C@H](O)[C@@H](O)[C@H](O)[C@H](O)CO. The van der Waals surface area contributed by atoms with E-state index in [1.807, 2.05) is 0 Å². The highest BCUT2D eigenvalue weighted by Gasteiger charge is 2.31. The molecule has 4 atom stereocenters. The zero-order chi connectivity index (χ0) is 10.6. The van der Waals surface area contributed by atoms with Gasteiger partial charge in [-0.05, 0) is 0 Å². The van der Waals surface area contributed by atoms with Gasteiger partial charge >= 0.3 is 0 Å². The Hall–Kier alpha value is -0.660. The van der Waals surface area contributed by atoms with Crippen LogP contribution in [0, 0.1) is 0 Å². The van der Waals surface area contributed by atoms with Crippen molar-refractivity contribution in [2.75, 3.05) is 6.61 Å². The van der Waals surface area contributed by atoms with E-state index in [9.17, 15) is 0 Å². The molecule has 78 valence electrons. The quantitative estimate of drug-likeness (QED) is 0.269. The van der Waals surface area contributed by atoms with Crippen molar-refractivity contribution in [3.05, 3.63) is 12.3 Å². The summed E-state index contributed by atoms with van der Waals surface area (Å²) in [4.78, 5) is 0. The van der Waals surface area contributed by atoms with E-state index in [1.165, 1.54) is 0 Å². The zero-order valence-corrected chi connectivity index (χ0v) is 6.91. The van der Waals surface area contributed by atoms with Gasteiger partial charge in [0.2, 0.25) is 0 Å². The minimum Gasteiger partial charge on any atom is -0.510 e. The molecule has 0 aliphatic rings. The Bertz CT molecular complexity index is 170. The highest BCUT2D eigenvalue weighted by atomic mass is 16.4. The molecule has 0 radical (unpaired) electrons. The molecule has 6 nitrogen and oxygen atoms in total. The summed E-state index contributed by atoms with van der Waals surface area (Å²) in [5, 5.41) is 52.9. The van der Waals surface area contributed by atoms with Crippen LogP contribution in [-0.2, 0) is 0 Å². The van der Waals surface area contributed by atoms with Gasteiger partial charge < -0.3 is 30.6 Å². The molecule has 0 saturated carbocycles. The molecule has 0 aliphatic carbocycles. The van der Waals surface area contributed by atoms with Gasteiger partial charge in [0.25, 0.3) is 0 Å². The van der Waals surface area contributed by atoms with Crippen molar-refractivity contribution in [2.45, 2.75) is 24.4 Å². The van der Waals surface area contributed by atoms with Crippen molar-refractivity contribution in [1.82, 2.24) is 0 Å². The van der Waals surface area contributed by atoms with Gasteiger partial charge in [0.15, 0.2) is 0 Å². The summed E-state index contributed by atoms with van der Waals surface area (Å²) in [7, 11) is 0. The Morgan fingerprint density at radius 3 is 1.85 bits per heavy atom. The van der Waals surface area contributed by atoms with Gasteiger partial charge in [-0.3, -0.25) is 0 Å². The summed E-state index contributed by atoms with van der Waals surface area (Å²) in [6, 6.07) is 0. The highest BCUT2D eigenvalue weighted by Crippen LogP contribution is 2.08. The second-order valence-corrected chi connectivity index (χ2v) is 2.67. The van der Waals surface area contributed by atoms with Crippen LogP contribution in [0.5, 0.6) is 0 Å². The normalized spacial score (nSPS) is 20.4. The molecule has 0 heterocycles. The van der Waals surface area contributed by atoms with Gasteiger partial charge in [0.1, 0.15) is 30.2 Å². The summed E-state index contributed by atoms with van der Waals surface area (Å²) >= 11 is 0. The smallest absolute Gasteiger partial charge is 0.139 e. The maximum atomic E-state index is 9.07. The van der Waals surface area contributed by atoms with Crippen molar-refractivity contribution in [3.8, 4) is 0 Å². The monoisotopic (exact) mass is 194 g/mol. The molecule has 6 N–H and O–H groups in total. The van der Waals surface area contributed by atoms with Crippen molar-refractivity contribution in [2.24, 2.45) is 0 Å². The first-order valence-corrected chi connectivity index (χ1v) is 3.62. The van der Waals surface area contributed by atoms with Crippen LogP contribution in [0.25, 0.3) is 0 Å². The maximum absolute atomic E-state index is 9.07. The first-order valence-electron chi connectivity index (χ1n) is 3.62. The van der Waals surface area contributed by atoms with E-state index in [-0.39, 0.29) is 0 Å². The number of hydrogen-bond acceptors (Lipinski definition) is 6. The standard InChI is InChI=1S/C7H14O6/c1-3(9)5(11)7(13)6(12)4(10)2-8/h4-13H,1-2H2/t4-,5+,6-,7-/m1/s1. The van der Waals surface area contributed by atoms with E-state index in [1.54, 1.807) is 0 Å². The van der Waals surface area contributed by atoms with E-state index in [4.69, 9.17) is 30.6 Å². The number of rotatable bonds is 5. The van der Waals surface area contributed by atoms with Crippen molar-refractivity contribution < 1.29 is 30.6 Å². The van der Waals surface area contributed by atoms with E-state index in [2.05, 4.69) is 6.58 Å². The summed E-state index contributed by atoms with van der Waals surface area (Å²) in [5.41, 5.74) is 0. The number of aliphatic hydroxyl groups excluding tert-OH is 6. The van der Waals surface area contributed by atoms with Crippen LogP contribution in [0.2, 0.25) is 0 Å². The lowest BCUT2D eigenvalue weighted by atomic mass is 10.0. The minimum atomic E-state index is -1.79. The van der Waals surface area contributed by atoms with Crippen LogP contribution in [-0.4, -0.2) is 61.7 Å². The molecule has 0 saturated heterocycles. The van der Waals surface area contributed by atoms with Crippen molar-refractivity contribution in [3.63, 3.8) is 0 Å². The Kier molecular flexibility index (Phi) is 4.89. The molecule has 0 rings (SSSR count).